The maximum atomic E-state index is 5.55. The number of benzene rings is 4. The molecule has 208 valence electrons. The maximum absolute atomic E-state index is 5.55. The summed E-state index contributed by atoms with van der Waals surface area (Å²) in [6, 6.07) is 0. The van der Waals surface area contributed by atoms with E-state index in [1.165, 1.54) is 0 Å². The number of methoxy groups -OCH3 is 2. The second kappa shape index (κ2) is 10.2. The minimum Gasteiger partial charge on any atom is -0.491 e. The average molecular weight is 816 g/mol. The number of hydrogen-bond acceptors (Lipinski definition) is 10. The van der Waals surface area contributed by atoms with E-state index in [1.807, 2.05) is 13.8 Å². The lowest BCUT2D eigenvalue weighted by Gasteiger charge is -2.17. The number of rotatable bonds is 2. The van der Waals surface area contributed by atoms with Gasteiger partial charge in [-0.25, -0.2) is 39.9 Å². The Labute approximate surface area is 270 Å². The zero-order valence-electron chi connectivity index (χ0n) is 22.2. The lowest BCUT2D eigenvalue weighted by atomic mass is 9.96. The molecule has 0 atom stereocenters. The summed E-state index contributed by atoms with van der Waals surface area (Å²) in [5.74, 6) is 1.15. The number of nitrogens with zero attached hydrogens (tertiary/aromatic N) is 8. The highest BCUT2D eigenvalue weighted by atomic mass is 79.9. The van der Waals surface area contributed by atoms with Gasteiger partial charge in [0.1, 0.15) is 36.3 Å². The first-order chi connectivity index (χ1) is 20.3. The lowest BCUT2D eigenvalue weighted by molar-refractivity contribution is 0.361. The Balaban J connectivity index is 0.000000138. The van der Waals surface area contributed by atoms with Crippen molar-refractivity contribution in [1.29, 1.82) is 0 Å². The van der Waals surface area contributed by atoms with Crippen LogP contribution in [0.1, 0.15) is 11.1 Å². The molecule has 0 unspecified atom stereocenters. The molecule has 0 radical (unpaired) electrons. The van der Waals surface area contributed by atoms with Crippen LogP contribution in [0.2, 0.25) is 0 Å². The predicted molar refractivity (Wildman–Crippen MR) is 176 cm³/mol. The summed E-state index contributed by atoms with van der Waals surface area (Å²) in [4.78, 5) is 35.3. The highest BCUT2D eigenvalue weighted by Crippen LogP contribution is 2.47. The van der Waals surface area contributed by atoms with Gasteiger partial charge in [0.05, 0.1) is 65.2 Å². The Hall–Kier alpha value is -3.20. The number of halogens is 4. The van der Waals surface area contributed by atoms with Crippen molar-refractivity contribution in [2.75, 3.05) is 14.2 Å². The first kappa shape index (κ1) is 27.6. The van der Waals surface area contributed by atoms with Crippen LogP contribution >= 0.6 is 63.7 Å². The van der Waals surface area contributed by atoms with Gasteiger partial charge < -0.3 is 9.47 Å². The van der Waals surface area contributed by atoms with E-state index in [0.717, 1.165) is 94.7 Å². The minimum atomic E-state index is 0.575. The Bertz CT molecular complexity index is 2130. The van der Waals surface area contributed by atoms with Crippen molar-refractivity contribution >= 4 is 129 Å². The lowest BCUT2D eigenvalue weighted by Crippen LogP contribution is -2.02. The van der Waals surface area contributed by atoms with E-state index in [4.69, 9.17) is 9.47 Å². The number of aryl methyl sites for hydroxylation is 2. The van der Waals surface area contributed by atoms with Gasteiger partial charge in [-0.05, 0) is 88.7 Å². The van der Waals surface area contributed by atoms with Crippen LogP contribution in [0.15, 0.2) is 43.2 Å². The molecule has 42 heavy (non-hydrogen) atoms. The number of aromatic nitrogens is 8. The van der Waals surface area contributed by atoms with Crippen molar-refractivity contribution in [3.8, 4) is 11.5 Å². The number of hydrogen-bond donors (Lipinski definition) is 0. The highest BCUT2D eigenvalue weighted by Gasteiger charge is 2.25. The molecule has 0 aliphatic carbocycles. The fourth-order valence-electron chi connectivity index (χ4n) is 5.43. The van der Waals surface area contributed by atoms with Gasteiger partial charge in [0.25, 0.3) is 0 Å². The molecule has 0 fully saturated rings. The van der Waals surface area contributed by atoms with Gasteiger partial charge in [-0.15, -0.1) is 0 Å². The average Bonchev–Trinajstić information content (AvgIpc) is 3.03. The molecule has 8 aromatic rings. The van der Waals surface area contributed by atoms with Gasteiger partial charge in [0.15, 0.2) is 11.5 Å². The highest BCUT2D eigenvalue weighted by molar-refractivity contribution is 9.13. The third-order valence-corrected chi connectivity index (χ3v) is 11.6. The zero-order valence-corrected chi connectivity index (χ0v) is 28.6. The van der Waals surface area contributed by atoms with Crippen molar-refractivity contribution in [3.63, 3.8) is 0 Å². The molecule has 0 aliphatic rings. The first-order valence-electron chi connectivity index (χ1n) is 12.3. The quantitative estimate of drug-likeness (QED) is 0.159. The molecule has 4 aromatic heterocycles. The monoisotopic (exact) mass is 812 g/mol. The van der Waals surface area contributed by atoms with E-state index in [0.29, 0.717) is 11.5 Å². The first-order valence-corrected chi connectivity index (χ1v) is 15.5. The van der Waals surface area contributed by atoms with Crippen LogP contribution in [0.25, 0.3) is 65.7 Å². The van der Waals surface area contributed by atoms with Gasteiger partial charge in [-0.1, -0.05) is 0 Å². The standard InChI is InChI=1S/C16H14N4O2.C12H2Br4N4/c1-7-8(2)12-10-9-11(7)17-5-19-13(9)15(21-3)16(22-4)14(10)20-6-18-12;13-5-7(15)11-4-3-9(5)17-1-18-10(3)6(14)8(16)12(4)20-2-19-11/h5-6H,1-4H3;1-2H. The molecule has 0 aliphatic heterocycles. The van der Waals surface area contributed by atoms with Crippen molar-refractivity contribution in [2.45, 2.75) is 13.8 Å². The predicted octanol–water partition coefficient (Wildman–Crippen LogP) is 8.01. The Kier molecular flexibility index (Phi) is 6.72. The van der Waals surface area contributed by atoms with Crippen LogP contribution in [-0.4, -0.2) is 54.1 Å². The third kappa shape index (κ3) is 3.71. The van der Waals surface area contributed by atoms with Crippen molar-refractivity contribution in [3.05, 3.63) is 54.3 Å². The maximum Gasteiger partial charge on any atom is 0.189 e. The largest absolute Gasteiger partial charge is 0.491 e. The van der Waals surface area contributed by atoms with Gasteiger partial charge in [0, 0.05) is 21.5 Å². The molecule has 10 nitrogen and oxygen atoms in total. The van der Waals surface area contributed by atoms with E-state index in [9.17, 15) is 0 Å². The summed E-state index contributed by atoms with van der Waals surface area (Å²) in [7, 11) is 3.21. The van der Waals surface area contributed by atoms with Crippen LogP contribution in [0.4, 0.5) is 0 Å². The van der Waals surface area contributed by atoms with Crippen LogP contribution in [0.3, 0.4) is 0 Å². The molecule has 4 heterocycles. The van der Waals surface area contributed by atoms with E-state index in [2.05, 4.69) is 104 Å². The summed E-state index contributed by atoms with van der Waals surface area (Å²) in [5, 5.41) is 3.74. The summed E-state index contributed by atoms with van der Waals surface area (Å²) in [5.41, 5.74) is 8.76. The van der Waals surface area contributed by atoms with Crippen molar-refractivity contribution in [2.24, 2.45) is 0 Å². The summed E-state index contributed by atoms with van der Waals surface area (Å²) in [6.07, 6.45) is 6.21. The molecular formula is C28H16Br4N8O2. The van der Waals surface area contributed by atoms with Gasteiger partial charge in [-0.3, -0.25) is 0 Å². The van der Waals surface area contributed by atoms with Crippen molar-refractivity contribution < 1.29 is 9.47 Å². The Morgan fingerprint density at radius 1 is 0.405 bits per heavy atom. The summed E-state index contributed by atoms with van der Waals surface area (Å²) >= 11 is 14.3. The smallest absolute Gasteiger partial charge is 0.189 e. The summed E-state index contributed by atoms with van der Waals surface area (Å²) < 4.78 is 14.6. The topological polar surface area (TPSA) is 122 Å². The second-order valence-corrected chi connectivity index (χ2v) is 12.5. The van der Waals surface area contributed by atoms with Crippen LogP contribution in [0, 0.1) is 13.8 Å². The minimum absolute atomic E-state index is 0.575. The van der Waals surface area contributed by atoms with Gasteiger partial charge >= 0.3 is 0 Å². The molecule has 8 rings (SSSR count). The van der Waals surface area contributed by atoms with E-state index in [-0.39, 0.29) is 0 Å². The van der Waals surface area contributed by atoms with Gasteiger partial charge in [0.2, 0.25) is 0 Å². The molecule has 0 amide bonds. The molecule has 0 bridgehead atoms. The molecule has 0 N–H and O–H groups in total. The molecule has 14 heteroatoms. The molecule has 4 aromatic carbocycles. The zero-order chi connectivity index (χ0) is 29.4. The number of ether oxygens (including phenoxy) is 2. The molecule has 0 spiro atoms. The fourth-order valence-corrected chi connectivity index (χ4v) is 7.39. The van der Waals surface area contributed by atoms with Crippen LogP contribution < -0.4 is 9.47 Å². The van der Waals surface area contributed by atoms with Crippen molar-refractivity contribution in [1.82, 2.24) is 39.9 Å². The van der Waals surface area contributed by atoms with Crippen LogP contribution in [-0.2, 0) is 0 Å². The van der Waals surface area contributed by atoms with Gasteiger partial charge in [-0.2, -0.15) is 0 Å². The van der Waals surface area contributed by atoms with E-state index in [1.54, 1.807) is 39.5 Å². The van der Waals surface area contributed by atoms with E-state index < -0.39 is 0 Å². The third-order valence-electron chi connectivity index (χ3n) is 7.42. The molecule has 0 saturated heterocycles. The molecule has 0 saturated carbocycles. The van der Waals surface area contributed by atoms with Crippen LogP contribution in [0.5, 0.6) is 11.5 Å². The fraction of sp³-hybridized carbons (Fsp3) is 0.143. The SMILES string of the molecule is Brc1c(Br)c2ncnc3c(Br)c(Br)c4ncnc1c4c23.COc1c(OC)c2ncnc3c(C)c(C)c4ncnc1c4c32. The second-order valence-electron chi connectivity index (χ2n) is 9.36. The molecular weight excluding hydrogens is 800 g/mol. The Morgan fingerprint density at radius 2 is 0.643 bits per heavy atom. The van der Waals surface area contributed by atoms with E-state index >= 15 is 0 Å². The summed E-state index contributed by atoms with van der Waals surface area (Å²) in [6.45, 7) is 4.09. The Morgan fingerprint density at radius 3 is 0.929 bits per heavy atom. The normalized spacial score (nSPS) is 11.8.